The molecule has 1 aromatic heterocycles. The molecular weight excluding hydrogens is 280 g/mol. The van der Waals surface area contributed by atoms with Crippen LogP contribution in [0.2, 0.25) is 0 Å². The van der Waals surface area contributed by atoms with Crippen LogP contribution in [0, 0.1) is 11.8 Å². The van der Waals surface area contributed by atoms with Gasteiger partial charge >= 0.3 is 0 Å². The van der Waals surface area contributed by atoms with E-state index in [-0.39, 0.29) is 0 Å². The topological polar surface area (TPSA) is 34.1 Å². The SMILES string of the molecule is COc1cc(C2=CC[C@H]3CNC[C@@H]23)cnc1Br. The number of methoxy groups -OCH3 is 1. The second-order valence-electron chi connectivity index (χ2n) is 4.64. The highest BCUT2D eigenvalue weighted by molar-refractivity contribution is 9.10. The number of hydrogen-bond donors (Lipinski definition) is 1. The van der Waals surface area contributed by atoms with Crippen molar-refractivity contribution in [3.63, 3.8) is 0 Å². The van der Waals surface area contributed by atoms with Crippen molar-refractivity contribution < 1.29 is 4.74 Å². The summed E-state index contributed by atoms with van der Waals surface area (Å²) in [5.41, 5.74) is 2.62. The van der Waals surface area contributed by atoms with Gasteiger partial charge < -0.3 is 10.1 Å². The van der Waals surface area contributed by atoms with E-state index in [4.69, 9.17) is 4.74 Å². The van der Waals surface area contributed by atoms with Crippen LogP contribution in [0.3, 0.4) is 0 Å². The first kappa shape index (κ1) is 11.2. The van der Waals surface area contributed by atoms with Crippen molar-refractivity contribution in [1.82, 2.24) is 10.3 Å². The van der Waals surface area contributed by atoms with Crippen LogP contribution in [0.25, 0.3) is 5.57 Å². The molecule has 0 radical (unpaired) electrons. The number of nitrogens with zero attached hydrogens (tertiary/aromatic N) is 1. The van der Waals surface area contributed by atoms with E-state index in [1.54, 1.807) is 7.11 Å². The average Bonchev–Trinajstić information content (AvgIpc) is 2.92. The van der Waals surface area contributed by atoms with E-state index in [9.17, 15) is 0 Å². The largest absolute Gasteiger partial charge is 0.494 e. The third kappa shape index (κ3) is 1.89. The van der Waals surface area contributed by atoms with E-state index in [1.165, 1.54) is 17.6 Å². The fourth-order valence-electron chi connectivity index (χ4n) is 2.84. The molecule has 2 aliphatic rings. The lowest BCUT2D eigenvalue weighted by Gasteiger charge is -2.14. The van der Waals surface area contributed by atoms with Crippen LogP contribution in [0.1, 0.15) is 12.0 Å². The van der Waals surface area contributed by atoms with Crippen LogP contribution in [0.15, 0.2) is 22.9 Å². The van der Waals surface area contributed by atoms with Gasteiger partial charge in [0.05, 0.1) is 7.11 Å². The van der Waals surface area contributed by atoms with E-state index in [1.807, 2.05) is 6.20 Å². The van der Waals surface area contributed by atoms with Crippen LogP contribution < -0.4 is 10.1 Å². The monoisotopic (exact) mass is 294 g/mol. The van der Waals surface area contributed by atoms with Gasteiger partial charge in [0.2, 0.25) is 0 Å². The molecule has 17 heavy (non-hydrogen) atoms. The van der Waals surface area contributed by atoms with Gasteiger partial charge in [-0.25, -0.2) is 4.98 Å². The van der Waals surface area contributed by atoms with Gasteiger partial charge in [0.25, 0.3) is 0 Å². The first-order chi connectivity index (χ1) is 8.29. The molecule has 0 saturated carbocycles. The summed E-state index contributed by atoms with van der Waals surface area (Å²) in [6, 6.07) is 2.07. The summed E-state index contributed by atoms with van der Waals surface area (Å²) in [4.78, 5) is 4.34. The number of fused-ring (bicyclic) bond motifs is 1. The Kier molecular flexibility index (Phi) is 2.92. The molecule has 3 nitrogen and oxygen atoms in total. The van der Waals surface area contributed by atoms with Crippen molar-refractivity contribution >= 4 is 21.5 Å². The fourth-order valence-corrected chi connectivity index (χ4v) is 3.21. The Morgan fingerprint density at radius 1 is 1.47 bits per heavy atom. The molecule has 0 bridgehead atoms. The third-order valence-corrected chi connectivity index (χ3v) is 4.34. The molecular formula is C13H15BrN2O. The molecule has 2 atom stereocenters. The summed E-state index contributed by atoms with van der Waals surface area (Å²) < 4.78 is 6.07. The predicted molar refractivity (Wildman–Crippen MR) is 70.9 cm³/mol. The van der Waals surface area contributed by atoms with Gasteiger partial charge in [0, 0.05) is 18.7 Å². The lowest BCUT2D eigenvalue weighted by molar-refractivity contribution is 0.409. The maximum absolute atomic E-state index is 5.30. The third-order valence-electron chi connectivity index (χ3n) is 3.74. The van der Waals surface area contributed by atoms with Gasteiger partial charge in [-0.15, -0.1) is 0 Å². The number of pyridine rings is 1. The van der Waals surface area contributed by atoms with Crippen molar-refractivity contribution in [3.8, 4) is 5.75 Å². The summed E-state index contributed by atoms with van der Waals surface area (Å²) in [7, 11) is 1.68. The second kappa shape index (κ2) is 4.42. The first-order valence-corrected chi connectivity index (χ1v) is 6.69. The van der Waals surface area contributed by atoms with Crippen molar-refractivity contribution in [3.05, 3.63) is 28.5 Å². The quantitative estimate of drug-likeness (QED) is 0.851. The molecule has 0 unspecified atom stereocenters. The lowest BCUT2D eigenvalue weighted by Crippen LogP contribution is -2.10. The van der Waals surface area contributed by atoms with E-state index in [0.29, 0.717) is 5.92 Å². The second-order valence-corrected chi connectivity index (χ2v) is 5.39. The molecule has 0 amide bonds. The zero-order chi connectivity index (χ0) is 11.8. The van der Waals surface area contributed by atoms with E-state index in [2.05, 4.69) is 38.4 Å². The number of allylic oxidation sites excluding steroid dienone is 1. The number of rotatable bonds is 2. The lowest BCUT2D eigenvalue weighted by atomic mass is 9.91. The molecule has 90 valence electrons. The summed E-state index contributed by atoms with van der Waals surface area (Å²) in [5.74, 6) is 2.24. The highest BCUT2D eigenvalue weighted by Crippen LogP contribution is 2.41. The van der Waals surface area contributed by atoms with E-state index < -0.39 is 0 Å². The standard InChI is InChI=1S/C13H15BrN2O/c1-17-12-4-9(6-16-13(12)14)10-3-2-8-5-15-7-11(8)10/h3-4,6,8,11,15H,2,5,7H2,1H3/t8-,11+/m0/s1. The van der Waals surface area contributed by atoms with Crippen molar-refractivity contribution in [1.29, 1.82) is 0 Å². The van der Waals surface area contributed by atoms with Gasteiger partial charge in [-0.3, -0.25) is 0 Å². The molecule has 1 N–H and O–H groups in total. The summed E-state index contributed by atoms with van der Waals surface area (Å²) in [6.07, 6.45) is 5.48. The Morgan fingerprint density at radius 3 is 3.18 bits per heavy atom. The molecule has 4 heteroatoms. The Bertz CT molecular complexity index is 472. The minimum atomic E-state index is 0.655. The van der Waals surface area contributed by atoms with Crippen molar-refractivity contribution in [2.45, 2.75) is 6.42 Å². The van der Waals surface area contributed by atoms with Crippen LogP contribution >= 0.6 is 15.9 Å². The molecule has 1 aliphatic carbocycles. The molecule has 3 rings (SSSR count). The number of aromatic nitrogens is 1. The van der Waals surface area contributed by atoms with E-state index in [0.717, 1.165) is 29.4 Å². The number of ether oxygens (including phenoxy) is 1. The Balaban J connectivity index is 1.94. The Labute approximate surface area is 109 Å². The van der Waals surface area contributed by atoms with Gasteiger partial charge in [0.15, 0.2) is 5.75 Å². The minimum absolute atomic E-state index is 0.655. The highest BCUT2D eigenvalue weighted by atomic mass is 79.9. The van der Waals surface area contributed by atoms with E-state index >= 15 is 0 Å². The average molecular weight is 295 g/mol. The van der Waals surface area contributed by atoms with Gasteiger partial charge in [-0.1, -0.05) is 6.08 Å². The van der Waals surface area contributed by atoms with Gasteiger partial charge in [0.1, 0.15) is 4.60 Å². The summed E-state index contributed by atoms with van der Waals surface area (Å²) in [6.45, 7) is 2.24. The Morgan fingerprint density at radius 2 is 2.35 bits per heavy atom. The minimum Gasteiger partial charge on any atom is -0.494 e. The molecule has 2 heterocycles. The van der Waals surface area contributed by atoms with Crippen LogP contribution in [0.5, 0.6) is 5.75 Å². The van der Waals surface area contributed by atoms with Crippen LogP contribution in [0.4, 0.5) is 0 Å². The predicted octanol–water partition coefficient (Wildman–Crippen LogP) is 2.48. The van der Waals surface area contributed by atoms with Crippen LogP contribution in [-0.4, -0.2) is 25.2 Å². The smallest absolute Gasteiger partial charge is 0.152 e. The first-order valence-electron chi connectivity index (χ1n) is 5.90. The number of hydrogen-bond acceptors (Lipinski definition) is 3. The molecule has 1 aromatic rings. The summed E-state index contributed by atoms with van der Waals surface area (Å²) >= 11 is 3.39. The zero-order valence-corrected chi connectivity index (χ0v) is 11.3. The molecule has 1 aliphatic heterocycles. The molecule has 1 saturated heterocycles. The molecule has 1 fully saturated rings. The highest BCUT2D eigenvalue weighted by Gasteiger charge is 2.34. The normalized spacial score (nSPS) is 26.8. The maximum Gasteiger partial charge on any atom is 0.152 e. The number of nitrogens with one attached hydrogen (secondary N) is 1. The van der Waals surface area contributed by atoms with Gasteiger partial charge in [-0.05, 0) is 52.0 Å². The van der Waals surface area contributed by atoms with Crippen molar-refractivity contribution in [2.75, 3.05) is 20.2 Å². The van der Waals surface area contributed by atoms with Crippen molar-refractivity contribution in [2.24, 2.45) is 11.8 Å². The zero-order valence-electron chi connectivity index (χ0n) is 9.74. The fraction of sp³-hybridized carbons (Fsp3) is 0.462. The maximum atomic E-state index is 5.30. The van der Waals surface area contributed by atoms with Crippen LogP contribution in [-0.2, 0) is 0 Å². The molecule has 0 aromatic carbocycles. The summed E-state index contributed by atoms with van der Waals surface area (Å²) in [5, 5.41) is 3.46. The van der Waals surface area contributed by atoms with Gasteiger partial charge in [-0.2, -0.15) is 0 Å². The molecule has 0 spiro atoms. The number of halogens is 1. The Hall–Kier alpha value is -0.870.